The van der Waals surface area contributed by atoms with Crippen LogP contribution in [0.4, 0.5) is 0 Å². The number of nitrogens with zero attached hydrogens (tertiary/aromatic N) is 3. The number of hydrogen-bond acceptors (Lipinski definition) is 4. The lowest BCUT2D eigenvalue weighted by Gasteiger charge is -2.30. The van der Waals surface area contributed by atoms with E-state index in [4.69, 9.17) is 19.4 Å². The molecule has 1 spiro atoms. The van der Waals surface area contributed by atoms with E-state index in [0.717, 1.165) is 55.3 Å². The molecule has 62 heavy (non-hydrogen) atoms. The Bertz CT molecular complexity index is 3520. The number of para-hydroxylation sites is 1. The first-order valence-corrected chi connectivity index (χ1v) is 21.1. The van der Waals surface area contributed by atoms with Gasteiger partial charge in [-0.1, -0.05) is 200 Å². The first kappa shape index (κ1) is 34.6. The zero-order chi connectivity index (χ0) is 40.8. The fraction of sp³-hybridized carbons (Fsp3) is 0.0172. The van der Waals surface area contributed by atoms with Crippen molar-refractivity contribution >= 4 is 21.9 Å². The highest BCUT2D eigenvalue weighted by atomic mass is 16.3. The van der Waals surface area contributed by atoms with Crippen LogP contribution in [-0.2, 0) is 5.41 Å². The molecular formula is C58H35N3O. The van der Waals surface area contributed by atoms with Gasteiger partial charge in [0.15, 0.2) is 17.5 Å². The Morgan fingerprint density at radius 1 is 0.290 bits per heavy atom. The van der Waals surface area contributed by atoms with Gasteiger partial charge in [-0.25, -0.2) is 15.0 Å². The summed E-state index contributed by atoms with van der Waals surface area (Å²) in [6.07, 6.45) is 0. The van der Waals surface area contributed by atoms with Crippen LogP contribution < -0.4 is 0 Å². The maximum atomic E-state index is 6.20. The third-order valence-electron chi connectivity index (χ3n) is 13.0. The van der Waals surface area contributed by atoms with E-state index in [1.165, 1.54) is 50.1 Å². The summed E-state index contributed by atoms with van der Waals surface area (Å²) < 4.78 is 6.20. The summed E-state index contributed by atoms with van der Waals surface area (Å²) in [5.41, 5.74) is 19.3. The Kier molecular flexibility index (Phi) is 7.49. The van der Waals surface area contributed by atoms with Crippen molar-refractivity contribution in [3.05, 3.63) is 235 Å². The van der Waals surface area contributed by atoms with Crippen LogP contribution in [0.5, 0.6) is 0 Å². The van der Waals surface area contributed by atoms with Gasteiger partial charge in [0.05, 0.1) is 5.41 Å². The third kappa shape index (κ3) is 4.98. The summed E-state index contributed by atoms with van der Waals surface area (Å²) in [6, 6.07) is 75.6. The summed E-state index contributed by atoms with van der Waals surface area (Å²) in [6.45, 7) is 0. The van der Waals surface area contributed by atoms with E-state index < -0.39 is 0 Å². The van der Waals surface area contributed by atoms with E-state index >= 15 is 0 Å². The van der Waals surface area contributed by atoms with Crippen LogP contribution in [0.15, 0.2) is 217 Å². The summed E-state index contributed by atoms with van der Waals surface area (Å²) in [4.78, 5) is 15.2. The van der Waals surface area contributed by atoms with Crippen molar-refractivity contribution in [2.24, 2.45) is 0 Å². The van der Waals surface area contributed by atoms with Gasteiger partial charge in [0.25, 0.3) is 0 Å². The second-order valence-electron chi connectivity index (χ2n) is 16.2. The third-order valence-corrected chi connectivity index (χ3v) is 13.0. The molecule has 0 saturated carbocycles. The average Bonchev–Trinajstić information content (AvgIpc) is 3.99. The Morgan fingerprint density at radius 2 is 0.710 bits per heavy atom. The van der Waals surface area contributed by atoms with Gasteiger partial charge >= 0.3 is 0 Å². The molecule has 0 unspecified atom stereocenters. The molecule has 0 fully saturated rings. The molecule has 2 aliphatic carbocycles. The van der Waals surface area contributed by atoms with Crippen LogP contribution in [0.2, 0.25) is 0 Å². The lowest BCUT2D eigenvalue weighted by atomic mass is 9.70. The molecule has 2 aromatic heterocycles. The molecule has 0 radical (unpaired) electrons. The van der Waals surface area contributed by atoms with Gasteiger partial charge in [0.2, 0.25) is 0 Å². The minimum atomic E-state index is -0.386. The molecule has 2 heterocycles. The molecule has 11 aromatic rings. The number of fused-ring (bicyclic) bond motifs is 13. The lowest BCUT2D eigenvalue weighted by Crippen LogP contribution is -2.25. The maximum Gasteiger partial charge on any atom is 0.164 e. The highest BCUT2D eigenvalue weighted by Gasteiger charge is 2.51. The second-order valence-corrected chi connectivity index (χ2v) is 16.2. The van der Waals surface area contributed by atoms with Gasteiger partial charge in [-0.05, 0) is 78.9 Å². The first-order valence-electron chi connectivity index (χ1n) is 21.1. The van der Waals surface area contributed by atoms with Crippen LogP contribution >= 0.6 is 0 Å². The Hall–Kier alpha value is -8.21. The second kappa shape index (κ2) is 13.4. The quantitative estimate of drug-likeness (QED) is 0.174. The van der Waals surface area contributed by atoms with Crippen molar-refractivity contribution in [1.82, 2.24) is 15.0 Å². The van der Waals surface area contributed by atoms with Gasteiger partial charge < -0.3 is 4.42 Å². The predicted molar refractivity (Wildman–Crippen MR) is 251 cm³/mol. The van der Waals surface area contributed by atoms with Crippen LogP contribution in [0, 0.1) is 0 Å². The number of aromatic nitrogens is 3. The van der Waals surface area contributed by atoms with Crippen molar-refractivity contribution < 1.29 is 4.42 Å². The predicted octanol–water partition coefficient (Wildman–Crippen LogP) is 14.4. The van der Waals surface area contributed by atoms with Gasteiger partial charge in [-0.15, -0.1) is 0 Å². The van der Waals surface area contributed by atoms with E-state index in [2.05, 4.69) is 164 Å². The number of furan rings is 1. The van der Waals surface area contributed by atoms with Gasteiger partial charge in [0, 0.05) is 27.5 Å². The summed E-state index contributed by atoms with van der Waals surface area (Å²) in [5, 5.41) is 2.23. The van der Waals surface area contributed by atoms with Crippen molar-refractivity contribution in [2.45, 2.75) is 5.41 Å². The van der Waals surface area contributed by atoms with Crippen molar-refractivity contribution in [1.29, 1.82) is 0 Å². The molecule has 0 amide bonds. The van der Waals surface area contributed by atoms with E-state index in [1.54, 1.807) is 0 Å². The fourth-order valence-electron chi connectivity index (χ4n) is 10.3. The SMILES string of the molecule is c1ccc(-c2nc(-c3ccc(-c4cccc5c4-c4ccccc4C54c5ccccc5-c5ccccc54)cc3)nc(-c3ccc(-c4cccc5oc6ccccc6c45)cc3)n2)cc1. The highest BCUT2D eigenvalue weighted by molar-refractivity contribution is 6.12. The van der Waals surface area contributed by atoms with Crippen LogP contribution in [0.1, 0.15) is 22.3 Å². The normalized spacial score (nSPS) is 13.0. The molecule has 4 nitrogen and oxygen atoms in total. The van der Waals surface area contributed by atoms with Gasteiger partial charge in [-0.3, -0.25) is 0 Å². The van der Waals surface area contributed by atoms with E-state index in [9.17, 15) is 0 Å². The van der Waals surface area contributed by atoms with Crippen LogP contribution in [0.25, 0.3) is 101 Å². The molecule has 288 valence electrons. The minimum Gasteiger partial charge on any atom is -0.456 e. The number of hydrogen-bond donors (Lipinski definition) is 0. The molecule has 0 aliphatic heterocycles. The average molecular weight is 790 g/mol. The van der Waals surface area contributed by atoms with E-state index in [0.29, 0.717) is 17.5 Å². The molecule has 4 heteroatoms. The molecular weight excluding hydrogens is 755 g/mol. The first-order chi connectivity index (χ1) is 30.7. The monoisotopic (exact) mass is 789 g/mol. The van der Waals surface area contributed by atoms with Gasteiger partial charge in [-0.2, -0.15) is 0 Å². The molecule has 0 saturated heterocycles. The zero-order valence-corrected chi connectivity index (χ0v) is 33.5. The summed E-state index contributed by atoms with van der Waals surface area (Å²) in [5.74, 6) is 1.88. The number of benzene rings is 9. The maximum absolute atomic E-state index is 6.20. The van der Waals surface area contributed by atoms with E-state index in [-0.39, 0.29) is 5.41 Å². The molecule has 2 aliphatic rings. The highest BCUT2D eigenvalue weighted by Crippen LogP contribution is 2.63. The Labute approximate surface area is 358 Å². The summed E-state index contributed by atoms with van der Waals surface area (Å²) in [7, 11) is 0. The molecule has 0 N–H and O–H groups in total. The Morgan fingerprint density at radius 3 is 1.35 bits per heavy atom. The number of rotatable bonds is 5. The minimum absolute atomic E-state index is 0.386. The summed E-state index contributed by atoms with van der Waals surface area (Å²) >= 11 is 0. The van der Waals surface area contributed by atoms with Crippen molar-refractivity contribution in [3.8, 4) is 78.7 Å². The Balaban J connectivity index is 0.911. The van der Waals surface area contributed by atoms with Crippen LogP contribution in [-0.4, -0.2) is 15.0 Å². The molecule has 9 aromatic carbocycles. The zero-order valence-electron chi connectivity index (χ0n) is 33.5. The van der Waals surface area contributed by atoms with E-state index in [1.807, 2.05) is 48.5 Å². The smallest absolute Gasteiger partial charge is 0.164 e. The molecule has 0 atom stereocenters. The lowest BCUT2D eigenvalue weighted by molar-refractivity contribution is 0.669. The molecule has 13 rings (SSSR count). The topological polar surface area (TPSA) is 51.8 Å². The van der Waals surface area contributed by atoms with Crippen molar-refractivity contribution in [2.75, 3.05) is 0 Å². The van der Waals surface area contributed by atoms with Gasteiger partial charge in [0.1, 0.15) is 11.2 Å². The standard InChI is InChI=1S/C58H35N3O/c1-2-14-38(15-3-1)55-59-56(61-57(60-55)40-34-30-37(31-35-40)42-21-13-27-52-54(42)46-19-7-11-26-51(46)62-52)39-32-28-36(29-33-39)41-20-12-25-50-53(41)45-18-6-10-24-49(45)58(50)47-22-8-4-16-43(47)44-17-5-9-23-48(44)58/h1-35H. The van der Waals surface area contributed by atoms with Crippen LogP contribution in [0.3, 0.4) is 0 Å². The largest absolute Gasteiger partial charge is 0.456 e. The fourth-order valence-corrected chi connectivity index (χ4v) is 10.3. The van der Waals surface area contributed by atoms with Crippen molar-refractivity contribution in [3.63, 3.8) is 0 Å². The molecule has 0 bridgehead atoms.